The second kappa shape index (κ2) is 9.91. The number of rotatable bonds is 6. The number of fused-ring (bicyclic) bond motifs is 1. The van der Waals surface area contributed by atoms with Crippen LogP contribution in [0.5, 0.6) is 5.75 Å². The number of nitrogens with one attached hydrogen (secondary N) is 1. The van der Waals surface area contributed by atoms with E-state index in [2.05, 4.69) is 11.4 Å². The van der Waals surface area contributed by atoms with Crippen molar-refractivity contribution in [1.82, 2.24) is 15.2 Å². The van der Waals surface area contributed by atoms with E-state index in [-0.39, 0.29) is 17.2 Å². The van der Waals surface area contributed by atoms with Gasteiger partial charge in [0, 0.05) is 50.5 Å². The summed E-state index contributed by atoms with van der Waals surface area (Å²) in [5.74, 6) is 1.39. The molecule has 2 amide bonds. The number of hydrogen-bond acceptors (Lipinski definition) is 7. The number of benzene rings is 2. The predicted octanol–water partition coefficient (Wildman–Crippen LogP) is 4.06. The van der Waals surface area contributed by atoms with Crippen molar-refractivity contribution in [3.05, 3.63) is 64.8 Å². The van der Waals surface area contributed by atoms with Gasteiger partial charge in [0.2, 0.25) is 0 Å². The number of aryl methyl sites for hydroxylation is 1. The summed E-state index contributed by atoms with van der Waals surface area (Å²) in [6.45, 7) is 3.65. The molecule has 182 valence electrons. The van der Waals surface area contributed by atoms with Crippen LogP contribution in [0.25, 0.3) is 10.4 Å². The molecule has 2 aliphatic rings. The summed E-state index contributed by atoms with van der Waals surface area (Å²) >= 11 is 3.21. The highest BCUT2D eigenvalue weighted by molar-refractivity contribution is 8.00. The van der Waals surface area contributed by atoms with Gasteiger partial charge in [0.25, 0.3) is 11.8 Å². The summed E-state index contributed by atoms with van der Waals surface area (Å²) in [5.41, 5.74) is 4.21. The molecule has 2 aromatic carbocycles. The van der Waals surface area contributed by atoms with Gasteiger partial charge in [-0.15, -0.1) is 11.8 Å². The Kier molecular flexibility index (Phi) is 6.71. The van der Waals surface area contributed by atoms with Gasteiger partial charge >= 0.3 is 0 Å². The number of ether oxygens (including phenoxy) is 1. The molecule has 1 saturated heterocycles. The summed E-state index contributed by atoms with van der Waals surface area (Å²) in [7, 11) is 3.87. The summed E-state index contributed by atoms with van der Waals surface area (Å²) in [5, 5.41) is 3.70. The normalized spacial score (nSPS) is 16.7. The number of nitrogens with zero attached hydrogens (tertiary/aromatic N) is 3. The number of carbonyl (C=O) groups excluding carboxylic acids is 2. The van der Waals surface area contributed by atoms with E-state index in [9.17, 15) is 9.59 Å². The summed E-state index contributed by atoms with van der Waals surface area (Å²) in [6, 6.07) is 13.7. The molecule has 1 fully saturated rings. The molecule has 0 aliphatic carbocycles. The molecule has 1 aromatic heterocycles. The predicted molar refractivity (Wildman–Crippen MR) is 142 cm³/mol. The fourth-order valence-corrected chi connectivity index (χ4v) is 6.53. The number of hydrogen-bond donors (Lipinski definition) is 1. The molecule has 3 aromatic rings. The monoisotopic (exact) mass is 508 g/mol. The van der Waals surface area contributed by atoms with Crippen molar-refractivity contribution in [2.24, 2.45) is 0 Å². The molecule has 0 saturated carbocycles. The van der Waals surface area contributed by atoms with Gasteiger partial charge in [0.15, 0.2) is 5.13 Å². The highest BCUT2D eigenvalue weighted by Crippen LogP contribution is 2.37. The molecule has 5 rings (SSSR count). The molecule has 3 heterocycles. The van der Waals surface area contributed by atoms with Crippen LogP contribution >= 0.6 is 23.1 Å². The Bertz CT molecular complexity index is 1270. The van der Waals surface area contributed by atoms with Crippen molar-refractivity contribution in [1.29, 1.82) is 0 Å². The van der Waals surface area contributed by atoms with Crippen LogP contribution in [0.15, 0.2) is 42.5 Å². The average Bonchev–Trinajstić information content (AvgIpc) is 3.61. The topological polar surface area (TPSA) is 74.8 Å². The van der Waals surface area contributed by atoms with E-state index in [4.69, 9.17) is 9.72 Å². The van der Waals surface area contributed by atoms with Gasteiger partial charge in [0.1, 0.15) is 11.4 Å². The highest BCUT2D eigenvalue weighted by Gasteiger charge is 2.34. The molecule has 35 heavy (non-hydrogen) atoms. The maximum absolute atomic E-state index is 13.7. The maximum atomic E-state index is 13.7. The zero-order chi connectivity index (χ0) is 24.5. The molecular formula is C26H28N4O3S2. The standard InChI is InChI=1S/C26H28N4O3S2/c1-16-6-4-7-17(14-16)23-22(28-26(35-23)29(2)3)25(32)30-11-13-34-21(30)15-27-24(31)19-8-5-9-20-18(19)10-12-33-20/h4-9,14,21H,10-13,15H2,1-3H3,(H,27,31). The number of aromatic nitrogens is 1. The van der Waals surface area contributed by atoms with E-state index in [0.717, 1.165) is 44.6 Å². The lowest BCUT2D eigenvalue weighted by molar-refractivity contribution is 0.0747. The van der Waals surface area contributed by atoms with Crippen LogP contribution in [0.2, 0.25) is 0 Å². The zero-order valence-corrected chi connectivity index (χ0v) is 21.7. The Balaban J connectivity index is 1.35. The van der Waals surface area contributed by atoms with Crippen LogP contribution in [0.4, 0.5) is 5.13 Å². The summed E-state index contributed by atoms with van der Waals surface area (Å²) in [4.78, 5) is 36.1. The number of anilines is 1. The van der Waals surface area contributed by atoms with Gasteiger partial charge in [-0.1, -0.05) is 47.2 Å². The van der Waals surface area contributed by atoms with Gasteiger partial charge in [-0.3, -0.25) is 9.59 Å². The van der Waals surface area contributed by atoms with Gasteiger partial charge < -0.3 is 19.9 Å². The largest absolute Gasteiger partial charge is 0.493 e. The van der Waals surface area contributed by atoms with E-state index in [0.29, 0.717) is 31.0 Å². The Labute approximate surface area is 213 Å². The summed E-state index contributed by atoms with van der Waals surface area (Å²) < 4.78 is 5.59. The van der Waals surface area contributed by atoms with Crippen LogP contribution < -0.4 is 15.0 Å². The molecule has 7 nitrogen and oxygen atoms in total. The van der Waals surface area contributed by atoms with Crippen molar-refractivity contribution in [3.8, 4) is 16.2 Å². The molecule has 0 radical (unpaired) electrons. The average molecular weight is 509 g/mol. The van der Waals surface area contributed by atoms with Crippen LogP contribution in [0, 0.1) is 6.92 Å². The van der Waals surface area contributed by atoms with E-state index in [1.807, 2.05) is 67.2 Å². The quantitative estimate of drug-likeness (QED) is 0.541. The number of thioether (sulfide) groups is 1. The second-order valence-corrected chi connectivity index (χ2v) is 11.1. The van der Waals surface area contributed by atoms with E-state index < -0.39 is 0 Å². The Morgan fingerprint density at radius 2 is 2.06 bits per heavy atom. The maximum Gasteiger partial charge on any atom is 0.275 e. The summed E-state index contributed by atoms with van der Waals surface area (Å²) in [6.07, 6.45) is 0.738. The minimum absolute atomic E-state index is 0.0934. The van der Waals surface area contributed by atoms with Crippen molar-refractivity contribution in [2.45, 2.75) is 18.7 Å². The van der Waals surface area contributed by atoms with Crippen LogP contribution in [-0.4, -0.2) is 66.6 Å². The Morgan fingerprint density at radius 3 is 2.86 bits per heavy atom. The van der Waals surface area contributed by atoms with Crippen molar-refractivity contribution >= 4 is 40.0 Å². The van der Waals surface area contributed by atoms with E-state index in [1.165, 1.54) is 11.3 Å². The molecule has 1 atom stereocenters. The third-order valence-corrected chi connectivity index (χ3v) is 8.65. The number of amides is 2. The van der Waals surface area contributed by atoms with Gasteiger partial charge in [-0.05, 0) is 24.6 Å². The third kappa shape index (κ3) is 4.75. The first-order valence-electron chi connectivity index (χ1n) is 11.6. The first kappa shape index (κ1) is 23.7. The van der Waals surface area contributed by atoms with Gasteiger partial charge in [0.05, 0.1) is 16.9 Å². The lowest BCUT2D eigenvalue weighted by Crippen LogP contribution is -2.42. The lowest BCUT2D eigenvalue weighted by Gasteiger charge is -2.24. The Morgan fingerprint density at radius 1 is 1.23 bits per heavy atom. The molecule has 9 heteroatoms. The molecule has 0 bridgehead atoms. The van der Waals surface area contributed by atoms with Crippen LogP contribution in [-0.2, 0) is 6.42 Å². The third-order valence-electron chi connectivity index (χ3n) is 6.16. The zero-order valence-electron chi connectivity index (χ0n) is 20.0. The van der Waals surface area contributed by atoms with Crippen LogP contribution in [0.1, 0.15) is 32.0 Å². The van der Waals surface area contributed by atoms with Gasteiger partial charge in [-0.25, -0.2) is 4.98 Å². The fourth-order valence-electron chi connectivity index (χ4n) is 4.40. The SMILES string of the molecule is Cc1cccc(-c2sc(N(C)C)nc2C(=O)N2CCSC2CNC(=O)c2cccc3c2CCO3)c1. The smallest absolute Gasteiger partial charge is 0.275 e. The Hall–Kier alpha value is -3.04. The van der Waals surface area contributed by atoms with Gasteiger partial charge in [-0.2, -0.15) is 0 Å². The van der Waals surface area contributed by atoms with Crippen molar-refractivity contribution in [2.75, 3.05) is 44.4 Å². The number of thiazole rings is 1. The van der Waals surface area contributed by atoms with E-state index in [1.54, 1.807) is 11.8 Å². The molecule has 1 N–H and O–H groups in total. The highest BCUT2D eigenvalue weighted by atomic mass is 32.2. The van der Waals surface area contributed by atoms with Crippen molar-refractivity contribution in [3.63, 3.8) is 0 Å². The lowest BCUT2D eigenvalue weighted by atomic mass is 10.0. The number of carbonyl (C=O) groups is 2. The first-order chi connectivity index (χ1) is 16.9. The molecular weight excluding hydrogens is 480 g/mol. The van der Waals surface area contributed by atoms with Crippen LogP contribution in [0.3, 0.4) is 0 Å². The first-order valence-corrected chi connectivity index (χ1v) is 13.5. The molecule has 2 aliphatic heterocycles. The minimum atomic E-state index is -0.144. The fraction of sp³-hybridized carbons (Fsp3) is 0.346. The molecule has 1 unspecified atom stereocenters. The second-order valence-electron chi connectivity index (χ2n) is 8.85. The van der Waals surface area contributed by atoms with E-state index >= 15 is 0 Å². The van der Waals surface area contributed by atoms with Crippen molar-refractivity contribution < 1.29 is 14.3 Å². The minimum Gasteiger partial charge on any atom is -0.493 e. The molecule has 0 spiro atoms.